The summed E-state index contributed by atoms with van der Waals surface area (Å²) in [6.07, 6.45) is 0. The van der Waals surface area contributed by atoms with E-state index >= 15 is 0 Å². The van der Waals surface area contributed by atoms with Gasteiger partial charge >= 0.3 is 0 Å². The Morgan fingerprint density at radius 1 is 1.26 bits per heavy atom. The first kappa shape index (κ1) is 19.0. The molecule has 3 aromatic rings. The van der Waals surface area contributed by atoms with E-state index in [0.29, 0.717) is 18.7 Å². The van der Waals surface area contributed by atoms with E-state index in [4.69, 9.17) is 5.26 Å². The van der Waals surface area contributed by atoms with Crippen LogP contribution in [0.5, 0.6) is 0 Å². The summed E-state index contributed by atoms with van der Waals surface area (Å²) in [5, 5.41) is 9.86. The molecule has 0 aliphatic heterocycles. The van der Waals surface area contributed by atoms with Gasteiger partial charge in [0.1, 0.15) is 0 Å². The van der Waals surface area contributed by atoms with Gasteiger partial charge in [-0.05, 0) is 43.7 Å². The molecule has 2 aromatic carbocycles. The number of thioether (sulfide) groups is 1. The number of hydrogen-bond donors (Lipinski definition) is 1. The molecule has 5 nitrogen and oxygen atoms in total. The Morgan fingerprint density at radius 3 is 2.67 bits per heavy atom. The quantitative estimate of drug-likeness (QED) is 0.615. The summed E-state index contributed by atoms with van der Waals surface area (Å²) in [7, 11) is 0. The summed E-state index contributed by atoms with van der Waals surface area (Å²) >= 11 is 1.64. The zero-order valence-electron chi connectivity index (χ0n) is 15.5. The van der Waals surface area contributed by atoms with Crippen molar-refractivity contribution in [2.24, 2.45) is 5.92 Å². The predicted molar refractivity (Wildman–Crippen MR) is 108 cm³/mol. The van der Waals surface area contributed by atoms with Crippen LogP contribution in [-0.2, 0) is 5.75 Å². The highest BCUT2D eigenvalue weighted by Gasteiger charge is 2.16. The fourth-order valence-corrected chi connectivity index (χ4v) is 3.64. The zero-order valence-corrected chi connectivity index (χ0v) is 16.3. The van der Waals surface area contributed by atoms with Gasteiger partial charge in [-0.2, -0.15) is 5.26 Å². The minimum absolute atomic E-state index is 0.0314. The van der Waals surface area contributed by atoms with Crippen molar-refractivity contribution in [3.63, 3.8) is 0 Å². The van der Waals surface area contributed by atoms with Gasteiger partial charge in [0.15, 0.2) is 5.16 Å². The smallest absolute Gasteiger partial charge is 0.253 e. The third-order valence-electron chi connectivity index (χ3n) is 4.33. The van der Waals surface area contributed by atoms with Gasteiger partial charge in [0.05, 0.1) is 23.0 Å². The Balaban J connectivity index is 1.62. The van der Waals surface area contributed by atoms with Crippen LogP contribution in [-0.4, -0.2) is 33.9 Å². The normalized spacial score (nSPS) is 11.9. The highest BCUT2D eigenvalue weighted by molar-refractivity contribution is 7.98. The summed E-state index contributed by atoms with van der Waals surface area (Å²) in [5.41, 5.74) is 3.78. The molecule has 1 amide bonds. The summed E-state index contributed by atoms with van der Waals surface area (Å²) in [5.74, 6) is 0.571. The average molecular weight is 379 g/mol. The summed E-state index contributed by atoms with van der Waals surface area (Å²) in [4.78, 5) is 22.2. The minimum atomic E-state index is -0.173. The lowest BCUT2D eigenvalue weighted by molar-refractivity contribution is 0.0752. The van der Waals surface area contributed by atoms with E-state index in [9.17, 15) is 4.79 Å². The molecule has 0 saturated carbocycles. The number of nitriles is 1. The molecule has 0 radical (unpaired) electrons. The molecule has 1 heterocycles. The Labute approximate surface area is 163 Å². The van der Waals surface area contributed by atoms with Crippen molar-refractivity contribution in [3.8, 4) is 6.07 Å². The van der Waals surface area contributed by atoms with Crippen LogP contribution in [0.4, 0.5) is 0 Å². The molecule has 1 atom stereocenters. The van der Waals surface area contributed by atoms with Crippen molar-refractivity contribution in [2.75, 3.05) is 13.1 Å². The minimum Gasteiger partial charge on any atom is -0.338 e. The van der Waals surface area contributed by atoms with E-state index in [1.807, 2.05) is 62.4 Å². The standard InChI is InChI=1S/C21H22N4OS/c1-3-25(13-15(2)12-22)20(26)17-10-8-16(9-11-17)14-27-21-23-18-6-4-5-7-19(18)24-21/h4-11,15H,3,13-14H2,1-2H3,(H,23,24). The Morgan fingerprint density at radius 2 is 2.00 bits per heavy atom. The number of nitrogens with one attached hydrogen (secondary N) is 1. The fourth-order valence-electron chi connectivity index (χ4n) is 2.80. The molecule has 1 N–H and O–H groups in total. The molecule has 0 saturated heterocycles. The van der Waals surface area contributed by atoms with Crippen LogP contribution >= 0.6 is 11.8 Å². The fraction of sp³-hybridized carbons (Fsp3) is 0.286. The maximum atomic E-state index is 12.6. The third-order valence-corrected chi connectivity index (χ3v) is 5.27. The number of carbonyl (C=O) groups excluding carboxylic acids is 1. The Bertz CT molecular complexity index is 925. The molecular formula is C21H22N4OS. The highest BCUT2D eigenvalue weighted by Crippen LogP contribution is 2.23. The van der Waals surface area contributed by atoms with Crippen LogP contribution in [0, 0.1) is 17.2 Å². The van der Waals surface area contributed by atoms with Crippen molar-refractivity contribution >= 4 is 28.7 Å². The van der Waals surface area contributed by atoms with Crippen LogP contribution < -0.4 is 0 Å². The second kappa shape index (κ2) is 8.74. The van der Waals surface area contributed by atoms with Gasteiger partial charge in [-0.3, -0.25) is 4.79 Å². The summed E-state index contributed by atoms with van der Waals surface area (Å²) in [6.45, 7) is 4.80. The summed E-state index contributed by atoms with van der Waals surface area (Å²) in [6, 6.07) is 17.8. The van der Waals surface area contributed by atoms with E-state index in [2.05, 4.69) is 16.0 Å². The first-order chi connectivity index (χ1) is 13.1. The maximum absolute atomic E-state index is 12.6. The number of carbonyl (C=O) groups is 1. The monoisotopic (exact) mass is 378 g/mol. The molecule has 6 heteroatoms. The third kappa shape index (κ3) is 4.69. The van der Waals surface area contributed by atoms with Crippen LogP contribution in [0.2, 0.25) is 0 Å². The number of aromatic amines is 1. The highest BCUT2D eigenvalue weighted by atomic mass is 32.2. The van der Waals surface area contributed by atoms with Crippen molar-refractivity contribution < 1.29 is 4.79 Å². The van der Waals surface area contributed by atoms with Crippen molar-refractivity contribution in [1.29, 1.82) is 5.26 Å². The summed E-state index contributed by atoms with van der Waals surface area (Å²) < 4.78 is 0. The molecule has 0 bridgehead atoms. The Kier molecular flexibility index (Phi) is 6.15. The van der Waals surface area contributed by atoms with Gasteiger partial charge in [0, 0.05) is 24.4 Å². The molecule has 0 spiro atoms. The van der Waals surface area contributed by atoms with Crippen molar-refractivity contribution in [3.05, 3.63) is 59.7 Å². The molecule has 3 rings (SSSR count). The molecule has 27 heavy (non-hydrogen) atoms. The zero-order chi connectivity index (χ0) is 19.2. The number of benzene rings is 2. The van der Waals surface area contributed by atoms with E-state index in [1.54, 1.807) is 16.7 Å². The first-order valence-electron chi connectivity index (χ1n) is 8.96. The van der Waals surface area contributed by atoms with Gasteiger partial charge in [0.25, 0.3) is 5.91 Å². The predicted octanol–water partition coefficient (Wildman–Crippen LogP) is 4.48. The molecule has 138 valence electrons. The van der Waals surface area contributed by atoms with E-state index < -0.39 is 0 Å². The number of rotatable bonds is 7. The van der Waals surface area contributed by atoms with Crippen molar-refractivity contribution in [1.82, 2.24) is 14.9 Å². The van der Waals surface area contributed by atoms with Crippen molar-refractivity contribution in [2.45, 2.75) is 24.8 Å². The topological polar surface area (TPSA) is 72.8 Å². The van der Waals surface area contributed by atoms with E-state index in [0.717, 1.165) is 27.5 Å². The van der Waals surface area contributed by atoms with E-state index in [1.165, 1.54) is 0 Å². The molecule has 0 aliphatic rings. The molecule has 1 unspecified atom stereocenters. The molecular weight excluding hydrogens is 356 g/mol. The number of H-pyrrole nitrogens is 1. The average Bonchev–Trinajstić information content (AvgIpc) is 3.13. The second-order valence-electron chi connectivity index (χ2n) is 6.42. The van der Waals surface area contributed by atoms with E-state index in [-0.39, 0.29) is 11.8 Å². The number of para-hydroxylation sites is 2. The first-order valence-corrected chi connectivity index (χ1v) is 9.94. The second-order valence-corrected chi connectivity index (χ2v) is 7.38. The van der Waals surface area contributed by atoms with Gasteiger partial charge in [-0.15, -0.1) is 0 Å². The SMILES string of the molecule is CCN(CC(C)C#N)C(=O)c1ccc(CSc2nc3ccccc3[nH]2)cc1. The molecule has 1 aromatic heterocycles. The van der Waals surface area contributed by atoms with Gasteiger partial charge in [-0.1, -0.05) is 36.0 Å². The largest absolute Gasteiger partial charge is 0.338 e. The number of nitrogens with zero attached hydrogens (tertiary/aromatic N) is 3. The molecule has 0 fully saturated rings. The Hall–Kier alpha value is -2.78. The van der Waals surface area contributed by atoms with Crippen LogP contribution in [0.15, 0.2) is 53.7 Å². The van der Waals surface area contributed by atoms with Crippen LogP contribution in [0.1, 0.15) is 29.8 Å². The van der Waals surface area contributed by atoms with Gasteiger partial charge in [-0.25, -0.2) is 4.98 Å². The number of hydrogen-bond acceptors (Lipinski definition) is 4. The maximum Gasteiger partial charge on any atom is 0.253 e. The van der Waals surface area contributed by atoms with Gasteiger partial charge < -0.3 is 9.88 Å². The lowest BCUT2D eigenvalue weighted by Gasteiger charge is -2.22. The van der Waals surface area contributed by atoms with Gasteiger partial charge in [0.2, 0.25) is 0 Å². The number of aromatic nitrogens is 2. The van der Waals surface area contributed by atoms with Crippen LogP contribution in [0.3, 0.4) is 0 Å². The van der Waals surface area contributed by atoms with Crippen LogP contribution in [0.25, 0.3) is 11.0 Å². The number of fused-ring (bicyclic) bond motifs is 1. The lowest BCUT2D eigenvalue weighted by atomic mass is 10.1. The number of amides is 1. The number of imidazole rings is 1. The lowest BCUT2D eigenvalue weighted by Crippen LogP contribution is -2.34. The molecule has 0 aliphatic carbocycles.